The zero-order valence-corrected chi connectivity index (χ0v) is 19.0. The van der Waals surface area contributed by atoms with Gasteiger partial charge in [0.1, 0.15) is 18.0 Å². The number of hydrogen-bond acceptors (Lipinski definition) is 6. The maximum Gasteiger partial charge on any atom is 0.414 e. The molecule has 0 bridgehead atoms. The molecule has 5 rings (SSSR count). The molecule has 1 fully saturated rings. The molecule has 4 aromatic rings. The third-order valence-corrected chi connectivity index (χ3v) is 5.70. The van der Waals surface area contributed by atoms with Gasteiger partial charge in [0.05, 0.1) is 35.9 Å². The normalized spacial score (nSPS) is 14.8. The van der Waals surface area contributed by atoms with E-state index in [0.717, 1.165) is 5.69 Å². The maximum atomic E-state index is 12.8. The van der Waals surface area contributed by atoms with Crippen LogP contribution in [0.25, 0.3) is 22.8 Å². The number of aromatic nitrogens is 4. The minimum absolute atomic E-state index is 0.230. The molecule has 172 valence electrons. The smallest absolute Gasteiger partial charge is 0.414 e. The Bertz CT molecular complexity index is 1420. The van der Waals surface area contributed by atoms with Crippen LogP contribution in [-0.4, -0.2) is 44.9 Å². The summed E-state index contributed by atoms with van der Waals surface area (Å²) in [5, 5.41) is 8.98. The number of anilines is 1. The van der Waals surface area contributed by atoms with Crippen LogP contribution in [0.5, 0.6) is 5.75 Å². The highest BCUT2D eigenvalue weighted by atomic mass is 16.6. The summed E-state index contributed by atoms with van der Waals surface area (Å²) < 4.78 is 14.1. The molecule has 2 aromatic carbocycles. The van der Waals surface area contributed by atoms with E-state index in [0.29, 0.717) is 29.4 Å². The van der Waals surface area contributed by atoms with Gasteiger partial charge in [0.25, 0.3) is 0 Å². The van der Waals surface area contributed by atoms with Crippen LogP contribution in [0.1, 0.15) is 13.8 Å². The minimum atomic E-state index is -0.484. The van der Waals surface area contributed by atoms with Gasteiger partial charge in [0.15, 0.2) is 5.69 Å². The fourth-order valence-electron chi connectivity index (χ4n) is 4.04. The molecule has 0 radical (unpaired) electrons. The molecule has 0 aliphatic carbocycles. The molecule has 0 atom stereocenters. The van der Waals surface area contributed by atoms with Crippen LogP contribution in [0.2, 0.25) is 0 Å². The second-order valence-electron chi connectivity index (χ2n) is 8.50. The predicted molar refractivity (Wildman–Crippen MR) is 127 cm³/mol. The molecule has 34 heavy (non-hydrogen) atoms. The van der Waals surface area contributed by atoms with Gasteiger partial charge < -0.3 is 9.47 Å². The molecule has 9 heteroatoms. The third kappa shape index (κ3) is 3.61. The highest BCUT2D eigenvalue weighted by Crippen LogP contribution is 2.35. The Morgan fingerprint density at radius 3 is 2.50 bits per heavy atom. The van der Waals surface area contributed by atoms with E-state index in [9.17, 15) is 9.59 Å². The number of carbonyl (C=O) groups is 1. The predicted octanol–water partition coefficient (Wildman–Crippen LogP) is 3.83. The number of methoxy groups -OCH3 is 1. The molecule has 0 saturated carbocycles. The molecule has 3 heterocycles. The Morgan fingerprint density at radius 2 is 1.79 bits per heavy atom. The zero-order chi connectivity index (χ0) is 23.9. The summed E-state index contributed by atoms with van der Waals surface area (Å²) in [6, 6.07) is 18.1. The van der Waals surface area contributed by atoms with E-state index in [1.54, 1.807) is 58.0 Å². The first kappa shape index (κ1) is 21.4. The molecule has 9 nitrogen and oxygen atoms in total. The van der Waals surface area contributed by atoms with Gasteiger partial charge in [-0.1, -0.05) is 18.2 Å². The Balaban J connectivity index is 1.58. The van der Waals surface area contributed by atoms with E-state index in [-0.39, 0.29) is 11.1 Å². The van der Waals surface area contributed by atoms with Crippen molar-refractivity contribution in [3.8, 4) is 28.5 Å². The first-order valence-corrected chi connectivity index (χ1v) is 10.7. The van der Waals surface area contributed by atoms with Crippen molar-refractivity contribution >= 4 is 11.8 Å². The van der Waals surface area contributed by atoms with Gasteiger partial charge in [-0.15, -0.1) is 0 Å². The van der Waals surface area contributed by atoms with E-state index in [1.165, 1.54) is 6.07 Å². The molecule has 1 amide bonds. The van der Waals surface area contributed by atoms with Crippen molar-refractivity contribution in [2.24, 2.45) is 0 Å². The van der Waals surface area contributed by atoms with Gasteiger partial charge in [0, 0.05) is 18.3 Å². The van der Waals surface area contributed by atoms with Gasteiger partial charge in [-0.3, -0.25) is 9.69 Å². The number of rotatable bonds is 5. The summed E-state index contributed by atoms with van der Waals surface area (Å²) >= 11 is 0. The van der Waals surface area contributed by atoms with Crippen molar-refractivity contribution in [3.63, 3.8) is 0 Å². The fourth-order valence-corrected chi connectivity index (χ4v) is 4.04. The molecule has 1 aliphatic heterocycles. The van der Waals surface area contributed by atoms with Gasteiger partial charge in [-0.25, -0.2) is 14.2 Å². The zero-order valence-electron chi connectivity index (χ0n) is 19.0. The van der Waals surface area contributed by atoms with Crippen LogP contribution in [0, 0.1) is 0 Å². The van der Waals surface area contributed by atoms with E-state index in [1.807, 2.05) is 44.2 Å². The van der Waals surface area contributed by atoms with Gasteiger partial charge in [-0.2, -0.15) is 10.2 Å². The molecular weight excluding hydrogens is 434 g/mol. The average molecular weight is 457 g/mol. The summed E-state index contributed by atoms with van der Waals surface area (Å²) in [6.45, 7) is 4.17. The quantitative estimate of drug-likeness (QED) is 0.452. The van der Waals surface area contributed by atoms with Gasteiger partial charge in [-0.05, 0) is 44.2 Å². The average Bonchev–Trinajstić information content (AvgIpc) is 3.43. The number of hydrogen-bond donors (Lipinski definition) is 0. The lowest BCUT2D eigenvalue weighted by Gasteiger charge is -2.28. The van der Waals surface area contributed by atoms with E-state index < -0.39 is 11.6 Å². The van der Waals surface area contributed by atoms with Crippen LogP contribution < -0.4 is 15.1 Å². The first-order valence-electron chi connectivity index (χ1n) is 10.7. The molecule has 0 spiro atoms. The summed E-state index contributed by atoms with van der Waals surface area (Å²) in [7, 11) is 1.55. The number of ether oxygens (including phenoxy) is 2. The molecule has 0 N–H and O–H groups in total. The summed E-state index contributed by atoms with van der Waals surface area (Å²) in [5.41, 5.74) is 2.19. The summed E-state index contributed by atoms with van der Waals surface area (Å²) in [6.07, 6.45) is 2.81. The molecule has 1 aliphatic rings. The standard InChI is InChI=1S/C25H23N5O4/c1-25(2)16-34-24(32)29(25)18-9-10-19(22(15-18)33-3)28-14-12-21(31)23(27-28)20-11-13-26-30(20)17-7-5-4-6-8-17/h4-15H,16H2,1-3H3. The van der Waals surface area contributed by atoms with Gasteiger partial charge in [0.2, 0.25) is 5.43 Å². The second kappa shape index (κ2) is 8.18. The van der Waals surface area contributed by atoms with Crippen molar-refractivity contribution in [1.29, 1.82) is 0 Å². The van der Waals surface area contributed by atoms with Crippen molar-refractivity contribution in [1.82, 2.24) is 19.6 Å². The SMILES string of the molecule is COc1cc(N2C(=O)OCC2(C)C)ccc1-n1ccc(=O)c(-c2ccnn2-c2ccccc2)n1. The van der Waals surface area contributed by atoms with Crippen LogP contribution in [0.3, 0.4) is 0 Å². The lowest BCUT2D eigenvalue weighted by atomic mass is 10.0. The monoisotopic (exact) mass is 457 g/mol. The number of nitrogens with zero attached hydrogens (tertiary/aromatic N) is 5. The first-order chi connectivity index (χ1) is 16.4. The van der Waals surface area contributed by atoms with Crippen molar-refractivity contribution in [3.05, 3.63) is 83.3 Å². The fraction of sp³-hybridized carbons (Fsp3) is 0.200. The van der Waals surface area contributed by atoms with Crippen LogP contribution in [0.15, 0.2) is 77.9 Å². The van der Waals surface area contributed by atoms with Crippen molar-refractivity contribution in [2.75, 3.05) is 18.6 Å². The van der Waals surface area contributed by atoms with Crippen molar-refractivity contribution < 1.29 is 14.3 Å². The Hall–Kier alpha value is -4.40. The highest BCUT2D eigenvalue weighted by molar-refractivity contribution is 5.91. The molecular formula is C25H23N5O4. The number of amides is 1. The Labute approximate surface area is 195 Å². The number of para-hydroxylation sites is 1. The number of carbonyl (C=O) groups excluding carboxylic acids is 1. The number of cyclic esters (lactones) is 1. The maximum absolute atomic E-state index is 12.8. The van der Waals surface area contributed by atoms with Crippen LogP contribution in [-0.2, 0) is 4.74 Å². The van der Waals surface area contributed by atoms with E-state index in [2.05, 4.69) is 10.2 Å². The molecule has 0 unspecified atom stereocenters. The molecule has 2 aromatic heterocycles. The number of benzene rings is 2. The van der Waals surface area contributed by atoms with Crippen LogP contribution in [0.4, 0.5) is 10.5 Å². The van der Waals surface area contributed by atoms with E-state index in [4.69, 9.17) is 9.47 Å². The summed E-state index contributed by atoms with van der Waals surface area (Å²) in [5.74, 6) is 0.492. The topological polar surface area (TPSA) is 91.5 Å². The molecule has 1 saturated heterocycles. The third-order valence-electron chi connectivity index (χ3n) is 5.70. The Morgan fingerprint density at radius 1 is 1.00 bits per heavy atom. The lowest BCUT2D eigenvalue weighted by Crippen LogP contribution is -2.42. The second-order valence-corrected chi connectivity index (χ2v) is 8.50. The lowest BCUT2D eigenvalue weighted by molar-refractivity contribution is 0.175. The Kier molecular flexibility index (Phi) is 5.16. The van der Waals surface area contributed by atoms with Gasteiger partial charge >= 0.3 is 6.09 Å². The minimum Gasteiger partial charge on any atom is -0.494 e. The van der Waals surface area contributed by atoms with E-state index >= 15 is 0 Å². The highest BCUT2D eigenvalue weighted by Gasteiger charge is 2.41. The van der Waals surface area contributed by atoms with Crippen molar-refractivity contribution in [2.45, 2.75) is 19.4 Å². The largest absolute Gasteiger partial charge is 0.494 e. The summed E-state index contributed by atoms with van der Waals surface area (Å²) in [4.78, 5) is 26.7. The van der Waals surface area contributed by atoms with Crippen LogP contribution >= 0.6 is 0 Å².